The largest absolute Gasteiger partial charge is 0.347 e. The van der Waals surface area contributed by atoms with Crippen LogP contribution in [-0.4, -0.2) is 40.3 Å². The van der Waals surface area contributed by atoms with Crippen molar-refractivity contribution in [3.8, 4) is 0 Å². The summed E-state index contributed by atoms with van der Waals surface area (Å²) < 4.78 is 41.5. The third-order valence-electron chi connectivity index (χ3n) is 2.91. The van der Waals surface area contributed by atoms with Gasteiger partial charge in [0.2, 0.25) is 0 Å². The molecule has 1 fully saturated rings. The fourth-order valence-corrected chi connectivity index (χ4v) is 4.01. The lowest BCUT2D eigenvalue weighted by Gasteiger charge is -2.25. The maximum absolute atomic E-state index is 11.0. The predicted octanol–water partition coefficient (Wildman–Crippen LogP) is 0.300. The van der Waals surface area contributed by atoms with Crippen molar-refractivity contribution in [1.82, 2.24) is 5.32 Å². The third-order valence-corrected chi connectivity index (χ3v) is 6.32. The Kier molecular flexibility index (Phi) is 5.12. The minimum Gasteiger partial charge on any atom is -0.323 e. The van der Waals surface area contributed by atoms with Crippen molar-refractivity contribution >= 4 is 17.7 Å². The Hall–Kier alpha value is 0.0200. The summed E-state index contributed by atoms with van der Waals surface area (Å²) in [5.74, 6) is 0. The van der Waals surface area contributed by atoms with E-state index in [4.69, 9.17) is 14.3 Å². The number of rotatable bonds is 5. The molecule has 1 atom stereocenters. The average Bonchev–Trinajstić information content (AvgIpc) is 2.15. The second-order valence-corrected chi connectivity index (χ2v) is 8.05. The SMILES string of the molecule is O=P(O)(O)C(CNC1CCCCC1)S(=O)(=O)O. The van der Waals surface area contributed by atoms with Crippen LogP contribution in [0, 0.1) is 0 Å². The molecule has 4 N–H and O–H groups in total. The van der Waals surface area contributed by atoms with E-state index < -0.39 is 29.2 Å². The van der Waals surface area contributed by atoms with E-state index in [0.29, 0.717) is 0 Å². The lowest BCUT2D eigenvalue weighted by molar-refractivity contribution is 0.346. The van der Waals surface area contributed by atoms with Gasteiger partial charge in [0.1, 0.15) is 0 Å². The van der Waals surface area contributed by atoms with Crippen LogP contribution in [0.5, 0.6) is 0 Å². The molecule has 0 bridgehead atoms. The molecule has 1 saturated carbocycles. The first-order valence-corrected chi connectivity index (χ1v) is 8.64. The van der Waals surface area contributed by atoms with Crippen molar-refractivity contribution in [3.63, 3.8) is 0 Å². The van der Waals surface area contributed by atoms with Crippen LogP contribution in [-0.2, 0) is 14.7 Å². The van der Waals surface area contributed by atoms with Gasteiger partial charge >= 0.3 is 7.60 Å². The van der Waals surface area contributed by atoms with Crippen LogP contribution in [0.25, 0.3) is 0 Å². The van der Waals surface area contributed by atoms with E-state index in [9.17, 15) is 13.0 Å². The molecule has 0 aromatic heterocycles. The van der Waals surface area contributed by atoms with Crippen molar-refractivity contribution in [3.05, 3.63) is 0 Å². The van der Waals surface area contributed by atoms with Gasteiger partial charge in [-0.15, -0.1) is 0 Å². The zero-order chi connectivity index (χ0) is 13.1. The Morgan fingerprint density at radius 1 is 1.24 bits per heavy atom. The molecule has 0 aromatic rings. The van der Waals surface area contributed by atoms with Gasteiger partial charge in [-0.3, -0.25) is 9.12 Å². The molecule has 0 aromatic carbocycles. The molecule has 0 heterocycles. The van der Waals surface area contributed by atoms with Gasteiger partial charge in [-0.1, -0.05) is 19.3 Å². The summed E-state index contributed by atoms with van der Waals surface area (Å²) in [7, 11) is -9.61. The van der Waals surface area contributed by atoms with Gasteiger partial charge in [-0.2, -0.15) is 8.42 Å². The van der Waals surface area contributed by atoms with E-state index >= 15 is 0 Å². The van der Waals surface area contributed by atoms with Gasteiger partial charge in [-0.25, -0.2) is 0 Å². The average molecular weight is 287 g/mol. The minimum atomic E-state index is -4.87. The predicted molar refractivity (Wildman–Crippen MR) is 62.3 cm³/mol. The zero-order valence-corrected chi connectivity index (χ0v) is 11.0. The van der Waals surface area contributed by atoms with Crippen LogP contribution in [0.2, 0.25) is 0 Å². The quantitative estimate of drug-likeness (QED) is 0.423. The first kappa shape index (κ1) is 15.1. The lowest BCUT2D eigenvalue weighted by atomic mass is 9.96. The van der Waals surface area contributed by atoms with Crippen molar-refractivity contribution in [1.29, 1.82) is 0 Å². The topological polar surface area (TPSA) is 124 Å². The van der Waals surface area contributed by atoms with E-state index in [1.807, 2.05) is 0 Å². The second kappa shape index (κ2) is 5.77. The molecule has 17 heavy (non-hydrogen) atoms. The summed E-state index contributed by atoms with van der Waals surface area (Å²) in [6.07, 6.45) is 4.88. The van der Waals surface area contributed by atoms with Crippen LogP contribution in [0.4, 0.5) is 0 Å². The fourth-order valence-electron chi connectivity index (χ4n) is 1.97. The van der Waals surface area contributed by atoms with E-state index in [1.54, 1.807) is 0 Å². The molecule has 1 rings (SSSR count). The van der Waals surface area contributed by atoms with Crippen molar-refractivity contribution in [2.24, 2.45) is 0 Å². The van der Waals surface area contributed by atoms with E-state index in [2.05, 4.69) is 5.32 Å². The maximum atomic E-state index is 11.0. The summed E-state index contributed by atoms with van der Waals surface area (Å²) in [6, 6.07) is 0.0690. The highest BCUT2D eigenvalue weighted by Crippen LogP contribution is 2.43. The molecule has 7 nitrogen and oxygen atoms in total. The lowest BCUT2D eigenvalue weighted by Crippen LogP contribution is -2.39. The van der Waals surface area contributed by atoms with Crippen molar-refractivity contribution < 1.29 is 27.3 Å². The third kappa shape index (κ3) is 5.03. The number of hydrogen-bond acceptors (Lipinski definition) is 4. The molecule has 9 heteroatoms. The monoisotopic (exact) mass is 287 g/mol. The highest BCUT2D eigenvalue weighted by Gasteiger charge is 2.39. The molecule has 0 saturated heterocycles. The summed E-state index contributed by atoms with van der Waals surface area (Å²) in [6.45, 7) is -0.423. The summed E-state index contributed by atoms with van der Waals surface area (Å²) in [5, 5.41) is 2.80. The second-order valence-electron chi connectivity index (χ2n) is 4.30. The molecule has 0 amide bonds. The highest BCUT2D eigenvalue weighted by atomic mass is 32.2. The standard InChI is InChI=1S/C8H18NO6PS/c10-16(11,12)8(17(13,14)15)6-9-7-4-2-1-3-5-7/h7-9H,1-6H2,(H2,10,11,12)(H,13,14,15). The van der Waals surface area contributed by atoms with Gasteiger partial charge < -0.3 is 15.1 Å². The Labute approximate surface area is 101 Å². The van der Waals surface area contributed by atoms with Crippen molar-refractivity contribution in [2.75, 3.05) is 6.54 Å². The van der Waals surface area contributed by atoms with E-state index in [-0.39, 0.29) is 6.04 Å². The molecule has 0 radical (unpaired) electrons. The van der Waals surface area contributed by atoms with E-state index in [1.165, 1.54) is 0 Å². The molecule has 1 aliphatic carbocycles. The Bertz CT molecular complexity index is 385. The fraction of sp³-hybridized carbons (Fsp3) is 1.00. The zero-order valence-electron chi connectivity index (χ0n) is 9.32. The van der Waals surface area contributed by atoms with Gasteiger partial charge in [-0.05, 0) is 12.8 Å². The first-order chi connectivity index (χ1) is 7.71. The smallest absolute Gasteiger partial charge is 0.323 e. The van der Waals surface area contributed by atoms with Crippen LogP contribution in [0.15, 0.2) is 0 Å². The maximum Gasteiger partial charge on any atom is 0.347 e. The number of nitrogens with one attached hydrogen (secondary N) is 1. The molecule has 102 valence electrons. The van der Waals surface area contributed by atoms with E-state index in [0.717, 1.165) is 32.1 Å². The van der Waals surface area contributed by atoms with Crippen LogP contribution in [0.3, 0.4) is 0 Å². The summed E-state index contributed by atoms with van der Waals surface area (Å²) >= 11 is 0. The summed E-state index contributed by atoms with van der Waals surface area (Å²) in [4.78, 5) is 15.7. The number of hydrogen-bond donors (Lipinski definition) is 4. The molecule has 1 aliphatic rings. The highest BCUT2D eigenvalue weighted by molar-refractivity contribution is 7.93. The van der Waals surface area contributed by atoms with Crippen molar-refractivity contribution in [2.45, 2.75) is 43.1 Å². The molecule has 0 aliphatic heterocycles. The Morgan fingerprint density at radius 3 is 2.18 bits per heavy atom. The molecular formula is C8H18NO6PS. The van der Waals surface area contributed by atoms with Gasteiger partial charge in [0.15, 0.2) is 4.99 Å². The van der Waals surface area contributed by atoms with Gasteiger partial charge in [0.25, 0.3) is 10.1 Å². The molecule has 1 unspecified atom stereocenters. The molecule has 0 spiro atoms. The first-order valence-electron chi connectivity index (χ1n) is 5.46. The van der Waals surface area contributed by atoms with Crippen LogP contribution in [0.1, 0.15) is 32.1 Å². The molecular weight excluding hydrogens is 269 g/mol. The minimum absolute atomic E-state index is 0.0690. The van der Waals surface area contributed by atoms with Crippen LogP contribution >= 0.6 is 7.60 Å². The van der Waals surface area contributed by atoms with Crippen LogP contribution < -0.4 is 5.32 Å². The summed E-state index contributed by atoms with van der Waals surface area (Å²) in [5.41, 5.74) is 0. The van der Waals surface area contributed by atoms with Gasteiger partial charge in [0, 0.05) is 12.6 Å². The Balaban J connectivity index is 2.59. The van der Waals surface area contributed by atoms with Gasteiger partial charge in [0.05, 0.1) is 0 Å². The normalized spacial score (nSPS) is 21.4. The Morgan fingerprint density at radius 2 is 1.76 bits per heavy atom.